The first kappa shape index (κ1) is 10.3. The van der Waals surface area contributed by atoms with Crippen LogP contribution in [0, 0.1) is 0 Å². The molecule has 2 nitrogen and oxygen atoms in total. The van der Waals surface area contributed by atoms with E-state index in [-0.39, 0.29) is 5.97 Å². The van der Waals surface area contributed by atoms with Crippen molar-refractivity contribution >= 4 is 5.97 Å². The molecule has 0 saturated carbocycles. The molecule has 0 bridgehead atoms. The Labute approximate surface area is 80.0 Å². The van der Waals surface area contributed by atoms with Gasteiger partial charge in [0.1, 0.15) is 6.61 Å². The Morgan fingerprint density at radius 3 is 2.69 bits per heavy atom. The Hall–Kier alpha value is -0.790. The van der Waals surface area contributed by atoms with E-state index in [9.17, 15) is 4.79 Å². The van der Waals surface area contributed by atoms with Gasteiger partial charge in [0.25, 0.3) is 0 Å². The van der Waals surface area contributed by atoms with Crippen LogP contribution in [0.1, 0.15) is 45.4 Å². The zero-order valence-corrected chi connectivity index (χ0v) is 8.34. The molecule has 1 aliphatic heterocycles. The molecule has 0 aromatic rings. The zero-order chi connectivity index (χ0) is 9.52. The number of unbranched alkanes of at least 4 members (excludes halogenated alkanes) is 4. The minimum Gasteiger partial charge on any atom is -0.458 e. The number of rotatable bonds is 6. The third kappa shape index (κ3) is 3.62. The van der Waals surface area contributed by atoms with Gasteiger partial charge in [-0.25, -0.2) is 4.79 Å². The fourth-order valence-electron chi connectivity index (χ4n) is 1.52. The van der Waals surface area contributed by atoms with E-state index in [0.29, 0.717) is 6.61 Å². The van der Waals surface area contributed by atoms with Gasteiger partial charge in [0.2, 0.25) is 0 Å². The van der Waals surface area contributed by atoms with E-state index in [0.717, 1.165) is 18.4 Å². The normalized spacial score (nSPS) is 15.8. The molecule has 0 amide bonds. The summed E-state index contributed by atoms with van der Waals surface area (Å²) in [6, 6.07) is 0. The van der Waals surface area contributed by atoms with Crippen LogP contribution in [-0.4, -0.2) is 12.6 Å². The van der Waals surface area contributed by atoms with Crippen LogP contribution < -0.4 is 0 Å². The smallest absolute Gasteiger partial charge is 0.334 e. The highest BCUT2D eigenvalue weighted by Crippen LogP contribution is 2.15. The fraction of sp³-hybridized carbons (Fsp3) is 0.727. The summed E-state index contributed by atoms with van der Waals surface area (Å²) in [6.45, 7) is 2.69. The highest BCUT2D eigenvalue weighted by molar-refractivity contribution is 5.90. The summed E-state index contributed by atoms with van der Waals surface area (Å²) in [5.41, 5.74) is 0.886. The van der Waals surface area contributed by atoms with Crippen LogP contribution in [0.15, 0.2) is 11.6 Å². The van der Waals surface area contributed by atoms with Gasteiger partial charge in [0, 0.05) is 5.57 Å². The highest BCUT2D eigenvalue weighted by atomic mass is 16.5. The second kappa shape index (κ2) is 5.79. The maximum absolute atomic E-state index is 11.0. The third-order valence-corrected chi connectivity index (χ3v) is 2.36. The summed E-state index contributed by atoms with van der Waals surface area (Å²) in [7, 11) is 0. The lowest BCUT2D eigenvalue weighted by molar-refractivity contribution is -0.136. The maximum Gasteiger partial charge on any atom is 0.334 e. The summed E-state index contributed by atoms with van der Waals surface area (Å²) < 4.78 is 4.81. The Morgan fingerprint density at radius 1 is 1.31 bits per heavy atom. The first-order valence-electron chi connectivity index (χ1n) is 5.20. The minimum atomic E-state index is -0.101. The summed E-state index contributed by atoms with van der Waals surface area (Å²) in [5, 5.41) is 0. The molecule has 2 heteroatoms. The molecule has 0 N–H and O–H groups in total. The molecule has 1 heterocycles. The van der Waals surface area contributed by atoms with Crippen LogP contribution in [0.2, 0.25) is 0 Å². The van der Waals surface area contributed by atoms with Crippen LogP contribution >= 0.6 is 0 Å². The predicted octanol–water partition coefficient (Wildman–Crippen LogP) is 2.83. The molecule has 13 heavy (non-hydrogen) atoms. The van der Waals surface area contributed by atoms with Crippen molar-refractivity contribution in [2.24, 2.45) is 0 Å². The van der Waals surface area contributed by atoms with E-state index in [4.69, 9.17) is 4.74 Å². The van der Waals surface area contributed by atoms with Gasteiger partial charge in [-0.3, -0.25) is 0 Å². The number of esters is 1. The van der Waals surface area contributed by atoms with Gasteiger partial charge in [0.15, 0.2) is 0 Å². The number of carbonyl (C=O) groups is 1. The maximum atomic E-state index is 11.0. The van der Waals surface area contributed by atoms with Crippen LogP contribution in [0.4, 0.5) is 0 Å². The minimum absolute atomic E-state index is 0.101. The molecule has 74 valence electrons. The van der Waals surface area contributed by atoms with Gasteiger partial charge < -0.3 is 4.74 Å². The number of carbonyl (C=O) groups excluding carboxylic acids is 1. The van der Waals surface area contributed by atoms with E-state index in [1.54, 1.807) is 0 Å². The van der Waals surface area contributed by atoms with Crippen molar-refractivity contribution in [2.45, 2.75) is 45.4 Å². The van der Waals surface area contributed by atoms with E-state index in [1.807, 2.05) is 6.08 Å². The van der Waals surface area contributed by atoms with Crippen molar-refractivity contribution < 1.29 is 9.53 Å². The molecule has 0 radical (unpaired) electrons. The van der Waals surface area contributed by atoms with E-state index in [2.05, 4.69) is 6.92 Å². The third-order valence-electron chi connectivity index (χ3n) is 2.36. The van der Waals surface area contributed by atoms with Crippen molar-refractivity contribution in [3.63, 3.8) is 0 Å². The lowest BCUT2D eigenvalue weighted by Crippen LogP contribution is -1.98. The molecule has 1 rings (SSSR count). The van der Waals surface area contributed by atoms with E-state index < -0.39 is 0 Å². The lowest BCUT2D eigenvalue weighted by atomic mass is 10.1. The van der Waals surface area contributed by atoms with Gasteiger partial charge in [-0.05, 0) is 18.9 Å². The average Bonchev–Trinajstić information content (AvgIpc) is 2.52. The lowest BCUT2D eigenvalue weighted by Gasteiger charge is -1.99. The van der Waals surface area contributed by atoms with Gasteiger partial charge in [0.05, 0.1) is 0 Å². The second-order valence-corrected chi connectivity index (χ2v) is 3.49. The van der Waals surface area contributed by atoms with Crippen LogP contribution in [0.3, 0.4) is 0 Å². The van der Waals surface area contributed by atoms with Crippen molar-refractivity contribution in [2.75, 3.05) is 6.61 Å². The van der Waals surface area contributed by atoms with Crippen molar-refractivity contribution in [3.8, 4) is 0 Å². The number of ether oxygens (including phenoxy) is 1. The Bertz CT molecular complexity index is 194. The van der Waals surface area contributed by atoms with Crippen LogP contribution in [-0.2, 0) is 9.53 Å². The number of hydrogen-bond acceptors (Lipinski definition) is 2. The van der Waals surface area contributed by atoms with Gasteiger partial charge in [-0.1, -0.05) is 32.6 Å². The van der Waals surface area contributed by atoms with E-state index in [1.165, 1.54) is 25.7 Å². The molecule has 0 spiro atoms. The molecule has 0 unspecified atom stereocenters. The molecule has 0 saturated heterocycles. The Morgan fingerprint density at radius 2 is 2.08 bits per heavy atom. The molecule has 1 aliphatic rings. The molecule has 0 atom stereocenters. The van der Waals surface area contributed by atoms with Crippen LogP contribution in [0.25, 0.3) is 0 Å². The average molecular weight is 182 g/mol. The standard InChI is InChI=1S/C11H18O2/c1-2-3-4-5-6-7-10-8-9-13-11(10)12/h8H,2-7,9H2,1H3. The highest BCUT2D eigenvalue weighted by Gasteiger charge is 2.15. The van der Waals surface area contributed by atoms with Crippen molar-refractivity contribution in [3.05, 3.63) is 11.6 Å². The molecule has 0 aliphatic carbocycles. The van der Waals surface area contributed by atoms with E-state index >= 15 is 0 Å². The van der Waals surface area contributed by atoms with Gasteiger partial charge >= 0.3 is 5.97 Å². The summed E-state index contributed by atoms with van der Waals surface area (Å²) in [4.78, 5) is 11.0. The summed E-state index contributed by atoms with van der Waals surface area (Å²) in [5.74, 6) is -0.101. The topological polar surface area (TPSA) is 26.3 Å². The zero-order valence-electron chi connectivity index (χ0n) is 8.34. The Balaban J connectivity index is 2.02. The predicted molar refractivity (Wildman–Crippen MR) is 52.4 cm³/mol. The first-order chi connectivity index (χ1) is 6.34. The van der Waals surface area contributed by atoms with Gasteiger partial charge in [-0.15, -0.1) is 0 Å². The SMILES string of the molecule is CCCCCCCC1=CCOC1=O. The summed E-state index contributed by atoms with van der Waals surface area (Å²) in [6.07, 6.45) is 9.04. The molecular weight excluding hydrogens is 164 g/mol. The van der Waals surface area contributed by atoms with Crippen molar-refractivity contribution in [1.82, 2.24) is 0 Å². The number of hydrogen-bond donors (Lipinski definition) is 0. The second-order valence-electron chi connectivity index (χ2n) is 3.49. The number of cyclic esters (lactones) is 1. The Kier molecular flexibility index (Phi) is 4.58. The van der Waals surface area contributed by atoms with Crippen molar-refractivity contribution in [1.29, 1.82) is 0 Å². The molecular formula is C11H18O2. The molecule has 0 aromatic heterocycles. The largest absolute Gasteiger partial charge is 0.458 e. The first-order valence-corrected chi connectivity index (χ1v) is 5.20. The molecule has 0 aromatic carbocycles. The quantitative estimate of drug-likeness (QED) is 0.466. The monoisotopic (exact) mass is 182 g/mol. The van der Waals surface area contributed by atoms with Crippen LogP contribution in [0.5, 0.6) is 0 Å². The summed E-state index contributed by atoms with van der Waals surface area (Å²) >= 11 is 0. The fourth-order valence-corrected chi connectivity index (χ4v) is 1.52. The molecule has 0 fully saturated rings. The van der Waals surface area contributed by atoms with Gasteiger partial charge in [-0.2, -0.15) is 0 Å².